The number of ether oxygens (including phenoxy) is 1. The number of furan rings is 1. The number of hydrogen-bond donors (Lipinski definition) is 1. The summed E-state index contributed by atoms with van der Waals surface area (Å²) in [6.45, 7) is 4.08. The number of amides is 1. The number of benzene rings is 3. The number of carbonyl (C=O) groups excluding carboxylic acids is 2. The second-order valence-electron chi connectivity index (χ2n) is 9.77. The molecule has 2 heterocycles. The van der Waals surface area contributed by atoms with E-state index in [1.54, 1.807) is 42.5 Å². The van der Waals surface area contributed by atoms with E-state index in [-0.39, 0.29) is 5.69 Å². The van der Waals surface area contributed by atoms with Crippen molar-refractivity contribution >= 4 is 35.0 Å². The molecule has 0 unspecified atom stereocenters. The highest BCUT2D eigenvalue weighted by atomic mass is 16.6. The molecule has 1 fully saturated rings. The Labute approximate surface area is 243 Å². The maximum Gasteiger partial charge on any atom is 0.337 e. The van der Waals surface area contributed by atoms with Gasteiger partial charge in [0.15, 0.2) is 0 Å². The van der Waals surface area contributed by atoms with Crippen LogP contribution in [0, 0.1) is 10.1 Å². The smallest absolute Gasteiger partial charge is 0.337 e. The molecule has 1 N–H and O–H groups in total. The summed E-state index contributed by atoms with van der Waals surface area (Å²) in [4.78, 5) is 40.7. The summed E-state index contributed by atoms with van der Waals surface area (Å²) in [5.41, 5.74) is 3.16. The second kappa shape index (κ2) is 13.0. The van der Waals surface area contributed by atoms with Crippen LogP contribution in [0.4, 0.5) is 17.1 Å². The molecular weight excluding hydrogens is 536 g/mol. The van der Waals surface area contributed by atoms with Crippen LogP contribution in [0.15, 0.2) is 95.4 Å². The lowest BCUT2D eigenvalue weighted by Crippen LogP contribution is -2.46. The van der Waals surface area contributed by atoms with Gasteiger partial charge in [0, 0.05) is 44.9 Å². The Morgan fingerprint density at radius 3 is 2.45 bits per heavy atom. The fraction of sp³-hybridized carbons (Fsp3) is 0.188. The first kappa shape index (κ1) is 28.3. The van der Waals surface area contributed by atoms with E-state index < -0.39 is 16.8 Å². The van der Waals surface area contributed by atoms with E-state index in [4.69, 9.17) is 9.15 Å². The van der Waals surface area contributed by atoms with Crippen LogP contribution in [-0.4, -0.2) is 55.0 Å². The average molecular weight is 567 g/mol. The van der Waals surface area contributed by atoms with Crippen LogP contribution in [-0.2, 0) is 16.1 Å². The first-order valence-corrected chi connectivity index (χ1v) is 13.5. The zero-order valence-corrected chi connectivity index (χ0v) is 23.1. The Hall–Kier alpha value is -5.22. The maximum absolute atomic E-state index is 13.0. The van der Waals surface area contributed by atoms with E-state index in [0.29, 0.717) is 28.3 Å². The van der Waals surface area contributed by atoms with Crippen LogP contribution >= 0.6 is 0 Å². The molecule has 0 atom stereocenters. The summed E-state index contributed by atoms with van der Waals surface area (Å²) in [6, 6.07) is 25.0. The molecule has 0 spiro atoms. The third-order valence-electron chi connectivity index (χ3n) is 7.03. The largest absolute Gasteiger partial charge is 0.465 e. The van der Waals surface area contributed by atoms with Gasteiger partial charge in [-0.15, -0.1) is 0 Å². The summed E-state index contributed by atoms with van der Waals surface area (Å²) in [5, 5.41) is 14.3. The first-order chi connectivity index (χ1) is 20.4. The van der Waals surface area contributed by atoms with Crippen molar-refractivity contribution in [1.29, 1.82) is 0 Å². The lowest BCUT2D eigenvalue weighted by atomic mass is 10.1. The standard InChI is InChI=1S/C32H30N4O6/c1-41-32(38)24-11-14-29(35-19-17-34(18-20-35)22-23-7-3-2-4-8-23)27(21-24)33-31(37)16-13-25-12-15-30(42-25)26-9-5-6-10-28(26)36(39)40/h2-16,21H,17-20,22H2,1H3,(H,33,37)/b16-13+. The summed E-state index contributed by atoms with van der Waals surface area (Å²) in [7, 11) is 1.31. The van der Waals surface area contributed by atoms with Crippen molar-refractivity contribution in [3.8, 4) is 11.3 Å². The van der Waals surface area contributed by atoms with Crippen LogP contribution in [0.5, 0.6) is 0 Å². The summed E-state index contributed by atoms with van der Waals surface area (Å²) < 4.78 is 10.6. The highest BCUT2D eigenvalue weighted by molar-refractivity contribution is 6.05. The van der Waals surface area contributed by atoms with Crippen molar-refractivity contribution in [2.45, 2.75) is 6.54 Å². The SMILES string of the molecule is COC(=O)c1ccc(N2CCN(Cc3ccccc3)CC2)c(NC(=O)/C=C/c2ccc(-c3ccccc3[N+](=O)[O-])o2)c1. The van der Waals surface area contributed by atoms with E-state index in [0.717, 1.165) is 38.4 Å². The average Bonchev–Trinajstić information content (AvgIpc) is 3.50. The zero-order valence-electron chi connectivity index (χ0n) is 23.1. The number of hydrogen-bond acceptors (Lipinski definition) is 8. The quantitative estimate of drug-likeness (QED) is 0.120. The Morgan fingerprint density at radius 2 is 1.71 bits per heavy atom. The Kier molecular flexibility index (Phi) is 8.74. The fourth-order valence-corrected chi connectivity index (χ4v) is 4.91. The minimum absolute atomic E-state index is 0.0703. The number of esters is 1. The Morgan fingerprint density at radius 1 is 0.976 bits per heavy atom. The van der Waals surface area contributed by atoms with Gasteiger partial charge in [-0.05, 0) is 48.0 Å². The molecule has 3 aromatic carbocycles. The number of carbonyl (C=O) groups is 2. The molecule has 42 heavy (non-hydrogen) atoms. The van der Waals surface area contributed by atoms with Gasteiger partial charge in [-0.1, -0.05) is 42.5 Å². The van der Waals surface area contributed by atoms with Crippen molar-refractivity contribution < 1.29 is 23.7 Å². The number of nitro benzene ring substituents is 1. The van der Waals surface area contributed by atoms with Crippen LogP contribution in [0.1, 0.15) is 21.7 Å². The second-order valence-corrected chi connectivity index (χ2v) is 9.77. The molecular formula is C32H30N4O6. The third-order valence-corrected chi connectivity index (χ3v) is 7.03. The van der Waals surface area contributed by atoms with Gasteiger partial charge in [-0.2, -0.15) is 0 Å². The maximum atomic E-state index is 13.0. The summed E-state index contributed by atoms with van der Waals surface area (Å²) >= 11 is 0. The molecule has 214 valence electrons. The van der Waals surface area contributed by atoms with Gasteiger partial charge in [0.05, 0.1) is 34.5 Å². The van der Waals surface area contributed by atoms with E-state index in [9.17, 15) is 19.7 Å². The monoisotopic (exact) mass is 566 g/mol. The number of anilines is 2. The molecule has 0 aliphatic carbocycles. The molecule has 1 aliphatic rings. The molecule has 0 radical (unpaired) electrons. The lowest BCUT2D eigenvalue weighted by Gasteiger charge is -2.37. The van der Waals surface area contributed by atoms with Gasteiger partial charge in [0.25, 0.3) is 5.69 Å². The van der Waals surface area contributed by atoms with Gasteiger partial charge in [0.1, 0.15) is 11.5 Å². The number of nitrogens with one attached hydrogen (secondary N) is 1. The first-order valence-electron chi connectivity index (χ1n) is 13.5. The van der Waals surface area contributed by atoms with E-state index in [2.05, 4.69) is 27.2 Å². The molecule has 1 saturated heterocycles. The van der Waals surface area contributed by atoms with E-state index >= 15 is 0 Å². The molecule has 4 aromatic rings. The normalized spacial score (nSPS) is 13.7. The van der Waals surface area contributed by atoms with Crippen molar-refractivity contribution in [1.82, 2.24) is 4.90 Å². The highest BCUT2D eigenvalue weighted by Crippen LogP contribution is 2.32. The van der Waals surface area contributed by atoms with Gasteiger partial charge in [-0.3, -0.25) is 19.8 Å². The van der Waals surface area contributed by atoms with E-state index in [1.807, 2.05) is 24.3 Å². The van der Waals surface area contributed by atoms with Crippen molar-refractivity contribution in [2.24, 2.45) is 0 Å². The fourth-order valence-electron chi connectivity index (χ4n) is 4.91. The number of nitrogens with zero attached hydrogens (tertiary/aromatic N) is 3. The van der Waals surface area contributed by atoms with Crippen molar-refractivity contribution in [2.75, 3.05) is 43.5 Å². The third kappa shape index (κ3) is 6.73. The molecule has 10 nitrogen and oxygen atoms in total. The molecule has 10 heteroatoms. The molecule has 0 bridgehead atoms. The van der Waals surface area contributed by atoms with Gasteiger partial charge >= 0.3 is 5.97 Å². The molecule has 1 aromatic heterocycles. The molecule has 0 saturated carbocycles. The van der Waals surface area contributed by atoms with Gasteiger partial charge in [0.2, 0.25) is 5.91 Å². The minimum Gasteiger partial charge on any atom is -0.465 e. The summed E-state index contributed by atoms with van der Waals surface area (Å²) in [6.07, 6.45) is 2.80. The van der Waals surface area contributed by atoms with Gasteiger partial charge < -0.3 is 19.4 Å². The van der Waals surface area contributed by atoms with Crippen LogP contribution in [0.3, 0.4) is 0 Å². The molecule has 5 rings (SSSR count). The number of para-hydroxylation sites is 1. The number of rotatable bonds is 9. The minimum atomic E-state index is -0.501. The number of nitro groups is 1. The predicted molar refractivity (Wildman–Crippen MR) is 160 cm³/mol. The summed E-state index contributed by atoms with van der Waals surface area (Å²) in [5.74, 6) is -0.249. The zero-order chi connectivity index (χ0) is 29.5. The van der Waals surface area contributed by atoms with Crippen LogP contribution in [0.25, 0.3) is 17.4 Å². The predicted octanol–water partition coefficient (Wildman–Crippen LogP) is 5.62. The van der Waals surface area contributed by atoms with Crippen LogP contribution < -0.4 is 10.2 Å². The van der Waals surface area contributed by atoms with Crippen molar-refractivity contribution in [3.63, 3.8) is 0 Å². The van der Waals surface area contributed by atoms with E-state index in [1.165, 1.54) is 30.9 Å². The molecule has 1 aliphatic heterocycles. The molecule has 1 amide bonds. The van der Waals surface area contributed by atoms with Crippen molar-refractivity contribution in [3.05, 3.63) is 118 Å². The number of methoxy groups -OCH3 is 1. The lowest BCUT2D eigenvalue weighted by molar-refractivity contribution is -0.384. The topological polar surface area (TPSA) is 118 Å². The number of piperazine rings is 1. The van der Waals surface area contributed by atoms with Crippen LogP contribution in [0.2, 0.25) is 0 Å². The Balaban J connectivity index is 1.29. The Bertz CT molecular complexity index is 1610. The van der Waals surface area contributed by atoms with Gasteiger partial charge in [-0.25, -0.2) is 4.79 Å². The highest BCUT2D eigenvalue weighted by Gasteiger charge is 2.22.